The summed E-state index contributed by atoms with van der Waals surface area (Å²) in [6.07, 6.45) is 0.787. The number of benzene rings is 3. The zero-order valence-corrected chi connectivity index (χ0v) is 17.6. The van der Waals surface area contributed by atoms with E-state index in [2.05, 4.69) is 5.32 Å². The average molecular weight is 434 g/mol. The molecule has 0 aliphatic rings. The fourth-order valence-corrected chi connectivity index (χ4v) is 3.35. The molecule has 0 aliphatic heterocycles. The quantitative estimate of drug-likeness (QED) is 0.424. The lowest BCUT2D eigenvalue weighted by Gasteiger charge is -2.12. The van der Waals surface area contributed by atoms with Crippen LogP contribution in [0.25, 0.3) is 22.3 Å². The predicted octanol–water partition coefficient (Wildman–Crippen LogP) is 5.69. The molecule has 0 atom stereocenters. The maximum Gasteiger partial charge on any atom is 0.262 e. The number of halogens is 1. The predicted molar refractivity (Wildman–Crippen MR) is 123 cm³/mol. The minimum Gasteiger partial charge on any atom is -0.476 e. The second-order valence-electron chi connectivity index (χ2n) is 6.98. The fourth-order valence-electron chi connectivity index (χ4n) is 3.22. The molecule has 1 N–H and O–H groups in total. The monoisotopic (exact) mass is 433 g/mol. The molecule has 0 saturated heterocycles. The highest BCUT2D eigenvalue weighted by atomic mass is 35.5. The van der Waals surface area contributed by atoms with Crippen LogP contribution in [-0.4, -0.2) is 12.5 Å². The number of amides is 1. The Morgan fingerprint density at radius 3 is 2.48 bits per heavy atom. The fraction of sp³-hybridized carbons (Fsp3) is 0.120. The number of fused-ring (bicyclic) bond motifs is 1. The topological polar surface area (TPSA) is 68.5 Å². The van der Waals surface area contributed by atoms with Crippen molar-refractivity contribution in [1.29, 1.82) is 0 Å². The minimum atomic E-state index is -0.400. The molecule has 156 valence electrons. The van der Waals surface area contributed by atoms with Crippen LogP contribution in [-0.2, 0) is 11.2 Å². The smallest absolute Gasteiger partial charge is 0.262 e. The Labute approximate surface area is 184 Å². The molecule has 1 heterocycles. The van der Waals surface area contributed by atoms with Crippen LogP contribution in [0, 0.1) is 0 Å². The highest BCUT2D eigenvalue weighted by molar-refractivity contribution is 6.30. The second-order valence-corrected chi connectivity index (χ2v) is 7.42. The average Bonchev–Trinajstić information content (AvgIpc) is 2.80. The van der Waals surface area contributed by atoms with Crippen molar-refractivity contribution in [2.45, 2.75) is 13.3 Å². The maximum atomic E-state index is 13.3. The summed E-state index contributed by atoms with van der Waals surface area (Å²) in [6, 6.07) is 21.5. The molecule has 6 heteroatoms. The number of ether oxygens (including phenoxy) is 1. The van der Waals surface area contributed by atoms with Gasteiger partial charge in [0, 0.05) is 16.3 Å². The standard InChI is InChI=1S/C25H20ClNO4/c1-2-16-8-13-21-20(14-16)23(29)25(24(31-21)17-6-4-3-5-7-17)30-15-22(28)27-19-11-9-18(26)10-12-19/h3-14H,2,15H2,1H3,(H,27,28). The van der Waals surface area contributed by atoms with E-state index in [9.17, 15) is 9.59 Å². The molecular weight excluding hydrogens is 414 g/mol. The van der Waals surface area contributed by atoms with Gasteiger partial charge >= 0.3 is 0 Å². The summed E-state index contributed by atoms with van der Waals surface area (Å²) >= 11 is 5.87. The van der Waals surface area contributed by atoms with Crippen molar-refractivity contribution in [3.8, 4) is 17.1 Å². The van der Waals surface area contributed by atoms with Crippen LogP contribution in [0.3, 0.4) is 0 Å². The molecule has 0 fully saturated rings. The highest BCUT2D eigenvalue weighted by Gasteiger charge is 2.19. The number of hydrogen-bond acceptors (Lipinski definition) is 4. The van der Waals surface area contributed by atoms with Crippen molar-refractivity contribution in [3.05, 3.63) is 93.6 Å². The lowest BCUT2D eigenvalue weighted by atomic mass is 10.1. The number of nitrogens with one attached hydrogen (secondary N) is 1. The number of hydrogen-bond donors (Lipinski definition) is 1. The van der Waals surface area contributed by atoms with Gasteiger partial charge in [0.1, 0.15) is 5.58 Å². The lowest BCUT2D eigenvalue weighted by Crippen LogP contribution is -2.22. The highest BCUT2D eigenvalue weighted by Crippen LogP contribution is 2.31. The summed E-state index contributed by atoms with van der Waals surface area (Å²) in [6.45, 7) is 1.67. The number of rotatable bonds is 6. The molecule has 0 aliphatic carbocycles. The van der Waals surface area contributed by atoms with Crippen molar-refractivity contribution < 1.29 is 13.9 Å². The molecular formula is C25H20ClNO4. The molecule has 4 rings (SSSR count). The Kier molecular flexibility index (Phi) is 6.05. The van der Waals surface area contributed by atoms with E-state index in [0.717, 1.165) is 12.0 Å². The van der Waals surface area contributed by atoms with Gasteiger partial charge in [0.2, 0.25) is 11.2 Å². The van der Waals surface area contributed by atoms with Gasteiger partial charge in [0.15, 0.2) is 12.4 Å². The zero-order chi connectivity index (χ0) is 21.8. The van der Waals surface area contributed by atoms with Gasteiger partial charge in [-0.15, -0.1) is 0 Å². The van der Waals surface area contributed by atoms with E-state index in [4.69, 9.17) is 20.8 Å². The van der Waals surface area contributed by atoms with Crippen molar-refractivity contribution in [1.82, 2.24) is 0 Å². The number of aryl methyl sites for hydroxylation is 1. The molecule has 3 aromatic carbocycles. The van der Waals surface area contributed by atoms with Gasteiger partial charge in [-0.2, -0.15) is 0 Å². The summed E-state index contributed by atoms with van der Waals surface area (Å²) in [7, 11) is 0. The molecule has 0 radical (unpaired) electrons. The Hall–Kier alpha value is -3.57. The molecule has 0 spiro atoms. The molecule has 1 aromatic heterocycles. The van der Waals surface area contributed by atoms with Gasteiger partial charge in [-0.3, -0.25) is 9.59 Å². The van der Waals surface area contributed by atoms with E-state index in [0.29, 0.717) is 33.0 Å². The van der Waals surface area contributed by atoms with Crippen LogP contribution >= 0.6 is 11.6 Å². The summed E-state index contributed by atoms with van der Waals surface area (Å²) in [5.41, 5.74) is 2.45. The molecule has 0 unspecified atom stereocenters. The Balaban J connectivity index is 1.68. The van der Waals surface area contributed by atoms with E-state index in [1.54, 1.807) is 36.4 Å². The summed E-state index contributed by atoms with van der Waals surface area (Å²) in [4.78, 5) is 25.7. The van der Waals surface area contributed by atoms with Crippen molar-refractivity contribution >= 4 is 34.2 Å². The van der Waals surface area contributed by atoms with Crippen molar-refractivity contribution in [2.75, 3.05) is 11.9 Å². The molecule has 1 amide bonds. The van der Waals surface area contributed by atoms with E-state index in [1.807, 2.05) is 43.3 Å². The first-order valence-corrected chi connectivity index (χ1v) is 10.3. The minimum absolute atomic E-state index is 0.0122. The van der Waals surface area contributed by atoms with E-state index in [1.165, 1.54) is 0 Å². The SMILES string of the molecule is CCc1ccc2oc(-c3ccccc3)c(OCC(=O)Nc3ccc(Cl)cc3)c(=O)c2c1. The number of carbonyl (C=O) groups excluding carboxylic acids is 1. The van der Waals surface area contributed by atoms with Crippen LogP contribution in [0.15, 0.2) is 82.0 Å². The Morgan fingerprint density at radius 1 is 1.03 bits per heavy atom. The molecule has 0 saturated carbocycles. The van der Waals surface area contributed by atoms with Crippen LogP contribution in [0.2, 0.25) is 5.02 Å². The van der Waals surface area contributed by atoms with Gasteiger partial charge in [-0.1, -0.05) is 54.9 Å². The van der Waals surface area contributed by atoms with Gasteiger partial charge in [0.05, 0.1) is 5.39 Å². The third-order valence-corrected chi connectivity index (χ3v) is 5.08. The lowest BCUT2D eigenvalue weighted by molar-refractivity contribution is -0.118. The summed E-state index contributed by atoms with van der Waals surface area (Å²) in [5, 5.41) is 3.71. The zero-order valence-electron chi connectivity index (χ0n) is 16.9. The van der Waals surface area contributed by atoms with Gasteiger partial charge < -0.3 is 14.5 Å². The van der Waals surface area contributed by atoms with Crippen LogP contribution < -0.4 is 15.5 Å². The summed E-state index contributed by atoms with van der Waals surface area (Å²) < 4.78 is 11.8. The Morgan fingerprint density at radius 2 is 1.77 bits per heavy atom. The van der Waals surface area contributed by atoms with Gasteiger partial charge in [-0.25, -0.2) is 0 Å². The maximum absolute atomic E-state index is 13.3. The van der Waals surface area contributed by atoms with Gasteiger partial charge in [-0.05, 0) is 48.4 Å². The normalized spacial score (nSPS) is 10.8. The van der Waals surface area contributed by atoms with Crippen LogP contribution in [0.4, 0.5) is 5.69 Å². The van der Waals surface area contributed by atoms with E-state index >= 15 is 0 Å². The van der Waals surface area contributed by atoms with Crippen LogP contribution in [0.1, 0.15) is 12.5 Å². The summed E-state index contributed by atoms with van der Waals surface area (Å²) in [5.74, 6) is -0.0945. The third-order valence-electron chi connectivity index (χ3n) is 4.83. The largest absolute Gasteiger partial charge is 0.476 e. The first kappa shape index (κ1) is 20.7. The first-order chi connectivity index (χ1) is 15.0. The third kappa shape index (κ3) is 4.62. The molecule has 4 aromatic rings. The van der Waals surface area contributed by atoms with Gasteiger partial charge in [0.25, 0.3) is 5.91 Å². The van der Waals surface area contributed by atoms with E-state index < -0.39 is 5.91 Å². The molecule has 0 bridgehead atoms. The Bertz CT molecular complexity index is 1280. The van der Waals surface area contributed by atoms with Crippen LogP contribution in [0.5, 0.6) is 5.75 Å². The number of anilines is 1. The molecule has 31 heavy (non-hydrogen) atoms. The van der Waals surface area contributed by atoms with Crippen molar-refractivity contribution in [3.63, 3.8) is 0 Å². The first-order valence-electron chi connectivity index (χ1n) is 9.88. The molecule has 5 nitrogen and oxygen atoms in total. The van der Waals surface area contributed by atoms with E-state index in [-0.39, 0.29) is 17.8 Å². The number of carbonyl (C=O) groups is 1. The van der Waals surface area contributed by atoms with Crippen molar-refractivity contribution in [2.24, 2.45) is 0 Å². The second kappa shape index (κ2) is 9.06.